The number of anilines is 1. The number of aliphatic carboxylic acids is 1. The summed E-state index contributed by atoms with van der Waals surface area (Å²) in [4.78, 5) is 29.1. The summed E-state index contributed by atoms with van der Waals surface area (Å²) < 4.78 is 46.5. The fraction of sp³-hybridized carbons (Fsp3) is 0.167. The van der Waals surface area contributed by atoms with Crippen LogP contribution in [0.25, 0.3) is 10.2 Å². The molecule has 1 aromatic heterocycles. The molecule has 1 unspecified atom stereocenters. The van der Waals surface area contributed by atoms with Gasteiger partial charge in [0.05, 0.1) is 23.4 Å². The van der Waals surface area contributed by atoms with Crippen LogP contribution in [-0.2, 0) is 16.1 Å². The third-order valence-electron chi connectivity index (χ3n) is 4.13. The number of halogens is 3. The molecule has 3 aromatic rings. The van der Waals surface area contributed by atoms with Gasteiger partial charge in [0, 0.05) is 12.1 Å². The van der Waals surface area contributed by atoms with Gasteiger partial charge in [-0.3, -0.25) is 14.5 Å². The topological polar surface area (TPSA) is 79.7 Å². The Labute approximate surface area is 159 Å². The lowest BCUT2D eigenvalue weighted by molar-refractivity contribution is -0.142. The van der Waals surface area contributed by atoms with E-state index in [-0.39, 0.29) is 28.2 Å². The van der Waals surface area contributed by atoms with Gasteiger partial charge in [-0.05, 0) is 18.2 Å². The molecule has 0 aliphatic carbocycles. The maximum atomic E-state index is 13.9. The molecule has 6 nitrogen and oxygen atoms in total. The van der Waals surface area contributed by atoms with Crippen LogP contribution in [-0.4, -0.2) is 28.1 Å². The number of carbonyl (C=O) groups is 2. The summed E-state index contributed by atoms with van der Waals surface area (Å²) in [6.07, 6.45) is -1.94. The highest BCUT2D eigenvalue weighted by atomic mass is 32.1. The van der Waals surface area contributed by atoms with E-state index in [0.29, 0.717) is 11.1 Å². The van der Waals surface area contributed by atoms with Crippen LogP contribution in [0.2, 0.25) is 0 Å². The second-order valence-corrected chi connectivity index (χ2v) is 7.20. The van der Waals surface area contributed by atoms with E-state index in [0.717, 1.165) is 29.5 Å². The minimum Gasteiger partial charge on any atom is -0.481 e. The maximum absolute atomic E-state index is 13.9. The van der Waals surface area contributed by atoms with E-state index < -0.39 is 41.9 Å². The molecule has 2 aromatic carbocycles. The van der Waals surface area contributed by atoms with Crippen LogP contribution in [0.15, 0.2) is 30.3 Å². The Bertz CT molecular complexity index is 1120. The fourth-order valence-corrected chi connectivity index (χ4v) is 3.95. The van der Waals surface area contributed by atoms with Crippen LogP contribution in [0.4, 0.5) is 18.9 Å². The highest BCUT2D eigenvalue weighted by Crippen LogP contribution is 2.37. The van der Waals surface area contributed by atoms with Crippen molar-refractivity contribution in [2.75, 3.05) is 4.90 Å². The Morgan fingerprint density at radius 2 is 2.00 bits per heavy atom. The van der Waals surface area contributed by atoms with E-state index in [2.05, 4.69) is 4.98 Å². The number of carboxylic acids is 1. The first-order chi connectivity index (χ1) is 13.3. The quantitative estimate of drug-likeness (QED) is 0.715. The Balaban J connectivity index is 1.74. The lowest BCUT2D eigenvalue weighted by atomic mass is 10.1. The summed E-state index contributed by atoms with van der Waals surface area (Å²) in [5.74, 6) is -4.06. The van der Waals surface area contributed by atoms with E-state index in [1.54, 1.807) is 0 Å². The van der Waals surface area contributed by atoms with E-state index in [1.165, 1.54) is 11.0 Å². The van der Waals surface area contributed by atoms with E-state index in [9.17, 15) is 22.8 Å². The smallest absolute Gasteiger partial charge is 0.307 e. The second kappa shape index (κ2) is 6.79. The number of carbonyl (C=O) groups excluding carboxylic acids is 1. The van der Waals surface area contributed by atoms with Crippen molar-refractivity contribution in [3.05, 3.63) is 52.8 Å². The largest absolute Gasteiger partial charge is 0.481 e. The molecular formula is C18H11F3N2O4S. The molecule has 10 heteroatoms. The average molecular weight is 408 g/mol. The van der Waals surface area contributed by atoms with Crippen LogP contribution in [0.3, 0.4) is 0 Å². The number of hydrogen-bond acceptors (Lipinski definition) is 5. The van der Waals surface area contributed by atoms with Gasteiger partial charge in [0.15, 0.2) is 11.9 Å². The number of amides is 1. The van der Waals surface area contributed by atoms with Crippen molar-refractivity contribution in [2.24, 2.45) is 0 Å². The number of ether oxygens (including phenoxy) is 1. The third kappa shape index (κ3) is 3.26. The van der Waals surface area contributed by atoms with Crippen LogP contribution in [0.5, 0.6) is 5.75 Å². The number of hydrogen-bond donors (Lipinski definition) is 1. The predicted octanol–water partition coefficient (Wildman–Crippen LogP) is 3.48. The molecular weight excluding hydrogens is 397 g/mol. The van der Waals surface area contributed by atoms with Gasteiger partial charge in [0.2, 0.25) is 0 Å². The molecule has 1 atom stereocenters. The van der Waals surface area contributed by atoms with Crippen LogP contribution in [0.1, 0.15) is 11.4 Å². The van der Waals surface area contributed by atoms with Gasteiger partial charge < -0.3 is 9.84 Å². The molecule has 1 aliphatic rings. The van der Waals surface area contributed by atoms with Crippen molar-refractivity contribution in [3.63, 3.8) is 0 Å². The summed E-state index contributed by atoms with van der Waals surface area (Å²) in [6.45, 7) is -0.128. The van der Waals surface area contributed by atoms with Gasteiger partial charge in [-0.15, -0.1) is 11.3 Å². The molecule has 0 radical (unpaired) electrons. The maximum Gasteiger partial charge on any atom is 0.307 e. The summed E-state index contributed by atoms with van der Waals surface area (Å²) in [5, 5.41) is 9.31. The van der Waals surface area contributed by atoms with Gasteiger partial charge in [-0.1, -0.05) is 0 Å². The minimum absolute atomic E-state index is 0.0178. The van der Waals surface area contributed by atoms with Crippen molar-refractivity contribution in [2.45, 2.75) is 19.1 Å². The third-order valence-corrected chi connectivity index (χ3v) is 5.12. The Morgan fingerprint density at radius 3 is 2.75 bits per heavy atom. The van der Waals surface area contributed by atoms with E-state index in [1.807, 2.05) is 0 Å². The summed E-state index contributed by atoms with van der Waals surface area (Å²) in [6, 6.07) is 5.36. The van der Waals surface area contributed by atoms with Crippen molar-refractivity contribution in [1.29, 1.82) is 0 Å². The standard InChI is InChI=1S/C18H11F3N2O4S/c19-8-1-2-11-12(4-8)27-13(6-16(24)25)18(26)23(11)7-15-22-17-10(21)3-9(20)5-14(17)28-15/h1-5,13H,6-7H2,(H,24,25). The van der Waals surface area contributed by atoms with Crippen molar-refractivity contribution in [3.8, 4) is 5.75 Å². The molecule has 0 spiro atoms. The van der Waals surface area contributed by atoms with Crippen LogP contribution >= 0.6 is 11.3 Å². The molecule has 0 bridgehead atoms. The zero-order valence-corrected chi connectivity index (χ0v) is 14.8. The second-order valence-electron chi connectivity index (χ2n) is 6.08. The summed E-state index contributed by atoms with van der Waals surface area (Å²) >= 11 is 0.998. The highest BCUT2D eigenvalue weighted by molar-refractivity contribution is 7.18. The molecule has 1 N–H and O–H groups in total. The van der Waals surface area contributed by atoms with Crippen molar-refractivity contribution < 1.29 is 32.6 Å². The number of carboxylic acid groups (broad SMARTS) is 1. The van der Waals surface area contributed by atoms with Crippen LogP contribution < -0.4 is 9.64 Å². The molecule has 144 valence electrons. The monoisotopic (exact) mass is 408 g/mol. The molecule has 1 amide bonds. The van der Waals surface area contributed by atoms with Gasteiger partial charge in [-0.2, -0.15) is 0 Å². The SMILES string of the molecule is O=C(O)CC1Oc2cc(F)ccc2N(Cc2nc3c(F)cc(F)cc3s2)C1=O. The molecule has 0 saturated heterocycles. The van der Waals surface area contributed by atoms with Gasteiger partial charge in [0.1, 0.15) is 27.9 Å². The highest BCUT2D eigenvalue weighted by Gasteiger charge is 2.36. The minimum atomic E-state index is -1.34. The number of fused-ring (bicyclic) bond motifs is 2. The van der Waals surface area contributed by atoms with Crippen molar-refractivity contribution >= 4 is 39.1 Å². The number of benzene rings is 2. The number of rotatable bonds is 4. The number of thiazole rings is 1. The van der Waals surface area contributed by atoms with E-state index in [4.69, 9.17) is 9.84 Å². The summed E-state index contributed by atoms with van der Waals surface area (Å²) in [5.41, 5.74) is 0.211. The molecule has 28 heavy (non-hydrogen) atoms. The fourth-order valence-electron chi connectivity index (χ4n) is 2.96. The number of nitrogens with zero attached hydrogens (tertiary/aromatic N) is 2. The summed E-state index contributed by atoms with van der Waals surface area (Å²) in [7, 11) is 0. The van der Waals surface area contributed by atoms with Gasteiger partial charge >= 0.3 is 5.97 Å². The predicted molar refractivity (Wildman–Crippen MR) is 93.8 cm³/mol. The van der Waals surface area contributed by atoms with Crippen LogP contribution in [0, 0.1) is 17.5 Å². The van der Waals surface area contributed by atoms with Gasteiger partial charge in [0.25, 0.3) is 5.91 Å². The zero-order valence-electron chi connectivity index (χ0n) is 14.0. The first kappa shape index (κ1) is 18.2. The number of aromatic nitrogens is 1. The molecule has 0 saturated carbocycles. The molecule has 4 rings (SSSR count). The lowest BCUT2D eigenvalue weighted by Gasteiger charge is -2.33. The Hall–Kier alpha value is -3.14. The molecule has 2 heterocycles. The first-order valence-corrected chi connectivity index (χ1v) is 8.87. The van der Waals surface area contributed by atoms with E-state index >= 15 is 0 Å². The first-order valence-electron chi connectivity index (χ1n) is 8.05. The zero-order chi connectivity index (χ0) is 20.0. The molecule has 1 aliphatic heterocycles. The molecule has 0 fully saturated rings. The Morgan fingerprint density at radius 1 is 1.21 bits per heavy atom. The lowest BCUT2D eigenvalue weighted by Crippen LogP contribution is -2.46. The Kier molecular flexibility index (Phi) is 4.42. The normalized spacial score (nSPS) is 16.2. The van der Waals surface area contributed by atoms with Crippen molar-refractivity contribution in [1.82, 2.24) is 4.98 Å². The average Bonchev–Trinajstić information content (AvgIpc) is 3.01. The van der Waals surface area contributed by atoms with Gasteiger partial charge in [-0.25, -0.2) is 18.2 Å².